The number of aliphatic hydroxyl groups is 1. The third kappa shape index (κ3) is 3.53. The van der Waals surface area contributed by atoms with Gasteiger partial charge in [-0.2, -0.15) is 0 Å². The average molecular weight is 263 g/mol. The lowest BCUT2D eigenvalue weighted by molar-refractivity contribution is -0.0805. The Balaban J connectivity index is 2.06. The van der Waals surface area contributed by atoms with Gasteiger partial charge in [-0.15, -0.1) is 0 Å². The third-order valence-corrected chi connectivity index (χ3v) is 3.46. The van der Waals surface area contributed by atoms with E-state index in [0.29, 0.717) is 12.6 Å². The third-order valence-electron chi connectivity index (χ3n) is 3.46. The van der Waals surface area contributed by atoms with Crippen molar-refractivity contribution in [3.8, 4) is 0 Å². The number of hydrogen-bond acceptors (Lipinski definition) is 4. The number of hydrogen-bond donors (Lipinski definition) is 3. The lowest BCUT2D eigenvalue weighted by Gasteiger charge is -2.37. The van der Waals surface area contributed by atoms with E-state index in [0.717, 1.165) is 24.2 Å². The zero-order valence-corrected chi connectivity index (χ0v) is 11.2. The fraction of sp³-hybridized carbons (Fsp3) is 0.500. The molecule has 1 aliphatic heterocycles. The van der Waals surface area contributed by atoms with Crippen molar-refractivity contribution in [1.82, 2.24) is 4.90 Å². The molecule has 4 N–H and O–H groups in total. The molecule has 0 aromatic heterocycles. The Morgan fingerprint density at radius 1 is 1.58 bits per heavy atom. The Kier molecular flexibility index (Phi) is 4.52. The van der Waals surface area contributed by atoms with Crippen LogP contribution >= 0.6 is 0 Å². The van der Waals surface area contributed by atoms with Gasteiger partial charge in [0.2, 0.25) is 0 Å². The quantitative estimate of drug-likeness (QED) is 0.547. The van der Waals surface area contributed by atoms with Crippen molar-refractivity contribution in [3.63, 3.8) is 0 Å². The summed E-state index contributed by atoms with van der Waals surface area (Å²) < 4.78 is 5.52. The molecule has 0 aliphatic carbocycles. The van der Waals surface area contributed by atoms with E-state index in [-0.39, 0.29) is 18.5 Å². The highest BCUT2D eigenvalue weighted by molar-refractivity contribution is 5.95. The van der Waals surface area contributed by atoms with Crippen molar-refractivity contribution < 1.29 is 9.84 Å². The van der Waals surface area contributed by atoms with Crippen molar-refractivity contribution in [3.05, 3.63) is 35.4 Å². The van der Waals surface area contributed by atoms with Crippen LogP contribution in [-0.4, -0.2) is 47.7 Å². The number of ether oxygens (including phenoxy) is 1. The molecule has 5 nitrogen and oxygen atoms in total. The molecular weight excluding hydrogens is 242 g/mol. The highest BCUT2D eigenvalue weighted by atomic mass is 16.5. The zero-order valence-electron chi connectivity index (χ0n) is 11.2. The van der Waals surface area contributed by atoms with Gasteiger partial charge in [-0.3, -0.25) is 10.3 Å². The maximum atomic E-state index is 9.18. The summed E-state index contributed by atoms with van der Waals surface area (Å²) in [7, 11) is 0. The molecule has 2 unspecified atom stereocenters. The van der Waals surface area contributed by atoms with Gasteiger partial charge in [0.05, 0.1) is 19.3 Å². The molecule has 0 spiro atoms. The lowest BCUT2D eigenvalue weighted by Crippen LogP contribution is -2.48. The summed E-state index contributed by atoms with van der Waals surface area (Å²) in [5.74, 6) is 0.0881. The molecule has 1 fully saturated rings. The van der Waals surface area contributed by atoms with Gasteiger partial charge in [-0.25, -0.2) is 0 Å². The van der Waals surface area contributed by atoms with Crippen LogP contribution in [0.2, 0.25) is 0 Å². The number of nitrogens with two attached hydrogens (primary N) is 1. The molecule has 0 bridgehead atoms. The van der Waals surface area contributed by atoms with Gasteiger partial charge in [0, 0.05) is 24.7 Å². The Hall–Kier alpha value is -1.43. The van der Waals surface area contributed by atoms with Gasteiger partial charge >= 0.3 is 0 Å². The van der Waals surface area contributed by atoms with Crippen LogP contribution in [-0.2, 0) is 11.3 Å². The molecule has 2 rings (SSSR count). The molecule has 19 heavy (non-hydrogen) atoms. The molecule has 1 saturated heterocycles. The van der Waals surface area contributed by atoms with Crippen molar-refractivity contribution in [1.29, 1.82) is 5.41 Å². The molecule has 0 radical (unpaired) electrons. The maximum Gasteiger partial charge on any atom is 0.122 e. The Bertz CT molecular complexity index is 450. The second-order valence-electron chi connectivity index (χ2n) is 5.03. The topological polar surface area (TPSA) is 82.6 Å². The van der Waals surface area contributed by atoms with Gasteiger partial charge in [-0.05, 0) is 18.6 Å². The molecule has 1 aliphatic rings. The molecule has 1 aromatic rings. The molecule has 0 amide bonds. The van der Waals surface area contributed by atoms with Gasteiger partial charge < -0.3 is 15.6 Å². The summed E-state index contributed by atoms with van der Waals surface area (Å²) in [6.45, 7) is 4.31. The maximum absolute atomic E-state index is 9.18. The smallest absolute Gasteiger partial charge is 0.122 e. The first kappa shape index (κ1) is 14.0. The van der Waals surface area contributed by atoms with E-state index in [4.69, 9.17) is 15.9 Å². The van der Waals surface area contributed by atoms with E-state index in [2.05, 4.69) is 11.8 Å². The summed E-state index contributed by atoms with van der Waals surface area (Å²) in [5.41, 5.74) is 7.37. The molecule has 2 atom stereocenters. The van der Waals surface area contributed by atoms with Crippen LogP contribution in [0.5, 0.6) is 0 Å². The summed E-state index contributed by atoms with van der Waals surface area (Å²) >= 11 is 0. The minimum atomic E-state index is -0.104. The first-order chi connectivity index (χ1) is 9.10. The second kappa shape index (κ2) is 6.14. The predicted octanol–water partition coefficient (Wildman–Crippen LogP) is 0.552. The van der Waals surface area contributed by atoms with Crippen LogP contribution in [0.1, 0.15) is 18.1 Å². The average Bonchev–Trinajstić information content (AvgIpc) is 2.41. The number of nitrogens with zero attached hydrogens (tertiary/aromatic N) is 1. The van der Waals surface area contributed by atoms with Crippen LogP contribution in [0.4, 0.5) is 0 Å². The zero-order chi connectivity index (χ0) is 13.8. The van der Waals surface area contributed by atoms with Gasteiger partial charge in [0.1, 0.15) is 5.84 Å². The minimum absolute atomic E-state index is 0.0523. The molecule has 0 saturated carbocycles. The minimum Gasteiger partial charge on any atom is -0.394 e. The van der Waals surface area contributed by atoms with E-state index in [1.165, 1.54) is 0 Å². The highest BCUT2D eigenvalue weighted by Gasteiger charge is 2.25. The number of amidine groups is 1. The number of morpholine rings is 1. The molecular formula is C14H21N3O2. The van der Waals surface area contributed by atoms with Crippen LogP contribution in [0, 0.1) is 5.41 Å². The Labute approximate surface area is 113 Å². The van der Waals surface area contributed by atoms with Crippen LogP contribution in [0.25, 0.3) is 0 Å². The monoisotopic (exact) mass is 263 g/mol. The Morgan fingerprint density at radius 2 is 2.37 bits per heavy atom. The van der Waals surface area contributed by atoms with Crippen LogP contribution in [0.3, 0.4) is 0 Å². The van der Waals surface area contributed by atoms with Crippen molar-refractivity contribution in [2.75, 3.05) is 19.8 Å². The van der Waals surface area contributed by atoms with Gasteiger partial charge in [-0.1, -0.05) is 18.2 Å². The van der Waals surface area contributed by atoms with Gasteiger partial charge in [0.25, 0.3) is 0 Å². The van der Waals surface area contributed by atoms with Crippen molar-refractivity contribution in [2.45, 2.75) is 25.6 Å². The molecule has 104 valence electrons. The molecule has 5 heteroatoms. The van der Waals surface area contributed by atoms with Gasteiger partial charge in [0.15, 0.2) is 0 Å². The van der Waals surface area contributed by atoms with E-state index in [9.17, 15) is 5.11 Å². The predicted molar refractivity (Wildman–Crippen MR) is 74.2 cm³/mol. The standard InChI is InChI=1S/C14H21N3O2/c1-10-9-19-13(8-18)7-17(10)6-11-3-2-4-12(5-11)14(15)16/h2-5,10,13,18H,6-9H2,1H3,(H3,15,16). The summed E-state index contributed by atoms with van der Waals surface area (Å²) in [5, 5.41) is 16.6. The van der Waals surface area contributed by atoms with Crippen LogP contribution in [0.15, 0.2) is 24.3 Å². The number of aliphatic hydroxyl groups excluding tert-OH is 1. The first-order valence-corrected chi connectivity index (χ1v) is 6.50. The van der Waals surface area contributed by atoms with E-state index in [1.54, 1.807) is 0 Å². The van der Waals surface area contributed by atoms with Crippen molar-refractivity contribution >= 4 is 5.84 Å². The number of nitrogen functional groups attached to an aromatic ring is 1. The first-order valence-electron chi connectivity index (χ1n) is 6.50. The SMILES string of the molecule is CC1COC(CO)CN1Cc1cccc(C(=N)N)c1. The van der Waals surface area contributed by atoms with E-state index in [1.807, 2.05) is 24.3 Å². The number of benzene rings is 1. The van der Waals surface area contributed by atoms with E-state index >= 15 is 0 Å². The Morgan fingerprint density at radius 3 is 3.05 bits per heavy atom. The summed E-state index contributed by atoms with van der Waals surface area (Å²) in [4.78, 5) is 2.28. The summed E-state index contributed by atoms with van der Waals surface area (Å²) in [6.07, 6.45) is -0.104. The fourth-order valence-electron chi connectivity index (χ4n) is 2.28. The highest BCUT2D eigenvalue weighted by Crippen LogP contribution is 2.16. The number of nitrogens with one attached hydrogen (secondary N) is 1. The molecule has 1 heterocycles. The van der Waals surface area contributed by atoms with Crippen molar-refractivity contribution in [2.24, 2.45) is 5.73 Å². The summed E-state index contributed by atoms with van der Waals surface area (Å²) in [6, 6.07) is 8.05. The fourth-order valence-corrected chi connectivity index (χ4v) is 2.28. The second-order valence-corrected chi connectivity index (χ2v) is 5.03. The lowest BCUT2D eigenvalue weighted by atomic mass is 10.1. The van der Waals surface area contributed by atoms with E-state index < -0.39 is 0 Å². The number of rotatable bonds is 4. The normalized spacial score (nSPS) is 24.3. The largest absolute Gasteiger partial charge is 0.394 e. The van der Waals surface area contributed by atoms with Crippen LogP contribution < -0.4 is 5.73 Å². The molecule has 1 aromatic carbocycles.